The Hall–Kier alpha value is -2.13. The molecular weight excluding hydrogens is 256 g/mol. The molecule has 1 aliphatic heterocycles. The van der Waals surface area contributed by atoms with Crippen molar-refractivity contribution in [3.8, 4) is 6.07 Å². The molecule has 0 amide bonds. The molecule has 0 bridgehead atoms. The van der Waals surface area contributed by atoms with Gasteiger partial charge in [-0.2, -0.15) is 5.26 Å². The summed E-state index contributed by atoms with van der Waals surface area (Å²) in [5.74, 6) is 0.620. The van der Waals surface area contributed by atoms with E-state index in [4.69, 9.17) is 5.26 Å². The summed E-state index contributed by atoms with van der Waals surface area (Å²) in [6.45, 7) is 2.57. The maximum atomic E-state index is 11.2. The lowest BCUT2D eigenvalue weighted by Gasteiger charge is -2.33. The van der Waals surface area contributed by atoms with Gasteiger partial charge in [0.05, 0.1) is 4.92 Å². The van der Waals surface area contributed by atoms with E-state index in [0.29, 0.717) is 11.6 Å². The summed E-state index contributed by atoms with van der Waals surface area (Å²) in [5.41, 5.74) is 0.629. The van der Waals surface area contributed by atoms with E-state index in [1.54, 1.807) is 12.1 Å². The fourth-order valence-corrected chi connectivity index (χ4v) is 2.74. The van der Waals surface area contributed by atoms with Crippen LogP contribution in [0.25, 0.3) is 0 Å². The molecule has 1 heterocycles. The number of anilines is 1. The average Bonchev–Trinajstić information content (AvgIpc) is 2.47. The highest BCUT2D eigenvalue weighted by Gasteiger charge is 2.26. The SMILES string of the molecule is CNCC1CCN(c2cccc(C#N)c2[N+](=O)[O-])CC1. The minimum absolute atomic E-state index is 0.0675. The van der Waals surface area contributed by atoms with Crippen LogP contribution >= 0.6 is 0 Å². The molecule has 0 spiro atoms. The highest BCUT2D eigenvalue weighted by atomic mass is 16.6. The topological polar surface area (TPSA) is 82.2 Å². The third-order valence-corrected chi connectivity index (χ3v) is 3.77. The van der Waals surface area contributed by atoms with E-state index >= 15 is 0 Å². The lowest BCUT2D eigenvalue weighted by molar-refractivity contribution is -0.384. The van der Waals surface area contributed by atoms with Crippen molar-refractivity contribution in [1.29, 1.82) is 5.26 Å². The molecule has 1 aromatic rings. The largest absolute Gasteiger partial charge is 0.366 e. The van der Waals surface area contributed by atoms with Crippen LogP contribution < -0.4 is 10.2 Å². The van der Waals surface area contributed by atoms with Gasteiger partial charge in [-0.15, -0.1) is 0 Å². The van der Waals surface area contributed by atoms with Crippen LogP contribution in [0.1, 0.15) is 18.4 Å². The van der Waals surface area contributed by atoms with Crippen LogP contribution in [0.4, 0.5) is 11.4 Å². The van der Waals surface area contributed by atoms with E-state index < -0.39 is 4.92 Å². The second-order valence-corrected chi connectivity index (χ2v) is 5.03. The van der Waals surface area contributed by atoms with E-state index in [-0.39, 0.29) is 11.3 Å². The number of hydrogen-bond acceptors (Lipinski definition) is 5. The quantitative estimate of drug-likeness (QED) is 0.670. The van der Waals surface area contributed by atoms with Crippen LogP contribution in [0.3, 0.4) is 0 Å². The average molecular weight is 274 g/mol. The molecule has 1 aromatic carbocycles. The Bertz CT molecular complexity index is 530. The van der Waals surface area contributed by atoms with Gasteiger partial charge in [0.25, 0.3) is 0 Å². The van der Waals surface area contributed by atoms with E-state index in [9.17, 15) is 10.1 Å². The zero-order valence-electron chi connectivity index (χ0n) is 11.5. The van der Waals surface area contributed by atoms with Gasteiger partial charge < -0.3 is 10.2 Å². The smallest absolute Gasteiger partial charge is 0.310 e. The van der Waals surface area contributed by atoms with Crippen LogP contribution in [-0.4, -0.2) is 31.6 Å². The standard InChI is InChI=1S/C14H18N4O2/c1-16-10-11-5-7-17(8-6-11)13-4-2-3-12(9-15)14(13)18(19)20/h2-4,11,16H,5-8,10H2,1H3. The third-order valence-electron chi connectivity index (χ3n) is 3.77. The van der Waals surface area contributed by atoms with Gasteiger partial charge in [-0.3, -0.25) is 10.1 Å². The van der Waals surface area contributed by atoms with Gasteiger partial charge in [0, 0.05) is 13.1 Å². The summed E-state index contributed by atoms with van der Waals surface area (Å²) in [7, 11) is 1.94. The normalized spacial score (nSPS) is 15.9. The van der Waals surface area contributed by atoms with Crippen molar-refractivity contribution >= 4 is 11.4 Å². The summed E-state index contributed by atoms with van der Waals surface area (Å²) in [4.78, 5) is 12.8. The van der Waals surface area contributed by atoms with E-state index in [1.165, 1.54) is 6.07 Å². The second-order valence-electron chi connectivity index (χ2n) is 5.03. The molecule has 1 N–H and O–H groups in total. The van der Waals surface area contributed by atoms with Crippen LogP contribution in [-0.2, 0) is 0 Å². The Morgan fingerprint density at radius 1 is 1.50 bits per heavy atom. The van der Waals surface area contributed by atoms with E-state index in [1.807, 2.05) is 18.0 Å². The first-order valence-electron chi connectivity index (χ1n) is 6.74. The monoisotopic (exact) mass is 274 g/mol. The summed E-state index contributed by atoms with van der Waals surface area (Å²) in [6, 6.07) is 6.84. The van der Waals surface area contributed by atoms with Crippen molar-refractivity contribution in [3.05, 3.63) is 33.9 Å². The number of benzene rings is 1. The number of para-hydroxylation sites is 1. The molecular formula is C14H18N4O2. The first-order valence-corrected chi connectivity index (χ1v) is 6.74. The van der Waals surface area contributed by atoms with Gasteiger partial charge in [0.1, 0.15) is 17.3 Å². The van der Waals surface area contributed by atoms with Crippen molar-refractivity contribution in [2.45, 2.75) is 12.8 Å². The predicted octanol–water partition coefficient (Wildman–Crippen LogP) is 1.90. The first-order chi connectivity index (χ1) is 9.67. The highest BCUT2D eigenvalue weighted by molar-refractivity contribution is 5.69. The maximum Gasteiger partial charge on any atom is 0.310 e. The van der Waals surface area contributed by atoms with Crippen LogP contribution in [0.5, 0.6) is 0 Å². The zero-order valence-corrected chi connectivity index (χ0v) is 11.5. The van der Waals surface area contributed by atoms with Gasteiger partial charge in [-0.05, 0) is 44.5 Å². The van der Waals surface area contributed by atoms with E-state index in [0.717, 1.165) is 32.5 Å². The minimum atomic E-state index is -0.451. The van der Waals surface area contributed by atoms with Crippen LogP contribution in [0, 0.1) is 27.4 Å². The summed E-state index contributed by atoms with van der Waals surface area (Å²) < 4.78 is 0. The molecule has 0 saturated carbocycles. The Balaban J connectivity index is 2.22. The Kier molecular flexibility index (Phi) is 4.53. The number of hydrogen-bond donors (Lipinski definition) is 1. The molecule has 6 heteroatoms. The molecule has 6 nitrogen and oxygen atoms in total. The van der Waals surface area contributed by atoms with Crippen molar-refractivity contribution < 1.29 is 4.92 Å². The fraction of sp³-hybridized carbons (Fsp3) is 0.500. The summed E-state index contributed by atoms with van der Waals surface area (Å²) in [5, 5.41) is 23.4. The number of nitriles is 1. The molecule has 1 fully saturated rings. The predicted molar refractivity (Wildman–Crippen MR) is 76.7 cm³/mol. The van der Waals surface area contributed by atoms with Crippen molar-refractivity contribution in [2.75, 3.05) is 31.6 Å². The van der Waals surface area contributed by atoms with Gasteiger partial charge in [-0.25, -0.2) is 0 Å². The Morgan fingerprint density at radius 2 is 2.20 bits per heavy atom. The fourth-order valence-electron chi connectivity index (χ4n) is 2.74. The maximum absolute atomic E-state index is 11.2. The van der Waals surface area contributed by atoms with Crippen molar-refractivity contribution in [3.63, 3.8) is 0 Å². The van der Waals surface area contributed by atoms with Gasteiger partial charge in [0.15, 0.2) is 0 Å². The number of rotatable bonds is 4. The zero-order chi connectivity index (χ0) is 14.5. The number of nitrogens with zero attached hydrogens (tertiary/aromatic N) is 3. The third kappa shape index (κ3) is 2.89. The molecule has 0 aromatic heterocycles. The minimum Gasteiger partial charge on any atom is -0.366 e. The first kappa shape index (κ1) is 14.3. The summed E-state index contributed by atoms with van der Waals surface area (Å²) >= 11 is 0. The number of nitro groups is 1. The molecule has 106 valence electrons. The molecule has 0 atom stereocenters. The van der Waals surface area contributed by atoms with Gasteiger partial charge in [-0.1, -0.05) is 6.07 Å². The molecule has 20 heavy (non-hydrogen) atoms. The molecule has 0 unspecified atom stereocenters. The summed E-state index contributed by atoms with van der Waals surface area (Å²) in [6.07, 6.45) is 2.02. The second kappa shape index (κ2) is 6.35. The van der Waals surface area contributed by atoms with Crippen molar-refractivity contribution in [1.82, 2.24) is 5.32 Å². The highest BCUT2D eigenvalue weighted by Crippen LogP contribution is 2.33. The lowest BCUT2D eigenvalue weighted by Crippen LogP contribution is -2.37. The number of nitrogens with one attached hydrogen (secondary N) is 1. The Labute approximate surface area is 118 Å². The van der Waals surface area contributed by atoms with Crippen LogP contribution in [0.15, 0.2) is 18.2 Å². The van der Waals surface area contributed by atoms with Gasteiger partial charge >= 0.3 is 5.69 Å². The van der Waals surface area contributed by atoms with Crippen LogP contribution in [0.2, 0.25) is 0 Å². The molecule has 1 aliphatic rings. The molecule has 2 rings (SSSR count). The lowest BCUT2D eigenvalue weighted by atomic mass is 9.96. The molecule has 0 aliphatic carbocycles. The molecule has 0 radical (unpaired) electrons. The van der Waals surface area contributed by atoms with E-state index in [2.05, 4.69) is 5.32 Å². The van der Waals surface area contributed by atoms with Gasteiger partial charge in [0.2, 0.25) is 0 Å². The number of piperidine rings is 1. The van der Waals surface area contributed by atoms with Crippen molar-refractivity contribution in [2.24, 2.45) is 5.92 Å². The number of nitro benzene ring substituents is 1. The Morgan fingerprint density at radius 3 is 2.75 bits per heavy atom. The molecule has 1 saturated heterocycles.